The molecule has 3 atom stereocenters. The number of carbonyl (C=O) groups is 1. The molecule has 1 aliphatic heterocycles. The normalized spacial score (nSPS) is 32.5. The van der Waals surface area contributed by atoms with Crippen molar-refractivity contribution in [1.82, 2.24) is 9.80 Å². The molecule has 0 bridgehead atoms. The van der Waals surface area contributed by atoms with Crippen LogP contribution in [0.3, 0.4) is 0 Å². The van der Waals surface area contributed by atoms with Gasteiger partial charge in [-0.05, 0) is 65.2 Å². The Morgan fingerprint density at radius 3 is 2.48 bits per heavy atom. The molecule has 0 aromatic heterocycles. The van der Waals surface area contributed by atoms with E-state index >= 15 is 0 Å². The van der Waals surface area contributed by atoms with Crippen LogP contribution < -0.4 is 0 Å². The molecule has 0 spiro atoms. The highest BCUT2D eigenvalue weighted by Gasteiger charge is 2.39. The van der Waals surface area contributed by atoms with Crippen LogP contribution >= 0.6 is 0 Å². The smallest absolute Gasteiger partial charge is 0.308 e. The largest absolute Gasteiger partial charge is 0.481 e. The second kappa shape index (κ2) is 7.59. The Morgan fingerprint density at radius 2 is 1.90 bits per heavy atom. The van der Waals surface area contributed by atoms with Crippen LogP contribution in [0.5, 0.6) is 0 Å². The van der Waals surface area contributed by atoms with Gasteiger partial charge in [0.2, 0.25) is 0 Å². The molecule has 0 aromatic rings. The summed E-state index contributed by atoms with van der Waals surface area (Å²) < 4.78 is 0. The maximum absolute atomic E-state index is 11.6. The predicted molar refractivity (Wildman–Crippen MR) is 85.4 cm³/mol. The van der Waals surface area contributed by atoms with Crippen molar-refractivity contribution in [2.24, 2.45) is 11.8 Å². The molecule has 21 heavy (non-hydrogen) atoms. The summed E-state index contributed by atoms with van der Waals surface area (Å²) in [5.41, 5.74) is 0. The van der Waals surface area contributed by atoms with Crippen molar-refractivity contribution >= 4 is 5.97 Å². The number of hydrogen-bond donors (Lipinski definition) is 1. The Morgan fingerprint density at radius 1 is 1.24 bits per heavy atom. The van der Waals surface area contributed by atoms with E-state index in [0.29, 0.717) is 6.04 Å². The number of aliphatic carboxylic acids is 1. The number of nitrogens with zero attached hydrogens (tertiary/aromatic N) is 2. The first-order chi connectivity index (χ1) is 10.0. The zero-order valence-electron chi connectivity index (χ0n) is 13.9. The lowest BCUT2D eigenvalue weighted by Crippen LogP contribution is -2.52. The van der Waals surface area contributed by atoms with Crippen LogP contribution in [0.25, 0.3) is 0 Å². The van der Waals surface area contributed by atoms with E-state index in [-0.39, 0.29) is 12.0 Å². The van der Waals surface area contributed by atoms with Gasteiger partial charge in [-0.1, -0.05) is 19.8 Å². The first-order valence-electron chi connectivity index (χ1n) is 8.66. The van der Waals surface area contributed by atoms with Gasteiger partial charge < -0.3 is 10.0 Å². The van der Waals surface area contributed by atoms with Gasteiger partial charge in [-0.3, -0.25) is 9.69 Å². The van der Waals surface area contributed by atoms with Gasteiger partial charge in [0, 0.05) is 12.1 Å². The maximum atomic E-state index is 11.6. The molecule has 1 saturated heterocycles. The summed E-state index contributed by atoms with van der Waals surface area (Å²) in [4.78, 5) is 16.4. The molecule has 4 heteroatoms. The number of carboxylic acid groups (broad SMARTS) is 1. The molecule has 122 valence electrons. The van der Waals surface area contributed by atoms with Gasteiger partial charge in [-0.25, -0.2) is 0 Å². The third-order valence-corrected chi connectivity index (χ3v) is 5.73. The van der Waals surface area contributed by atoms with Crippen LogP contribution in [-0.2, 0) is 4.79 Å². The van der Waals surface area contributed by atoms with E-state index in [0.717, 1.165) is 38.3 Å². The van der Waals surface area contributed by atoms with Crippen LogP contribution in [0, 0.1) is 11.8 Å². The molecule has 0 amide bonds. The van der Waals surface area contributed by atoms with E-state index in [1.807, 2.05) is 0 Å². The summed E-state index contributed by atoms with van der Waals surface area (Å²) in [5.74, 6) is -0.0261. The number of rotatable bonds is 5. The molecular formula is C17H32N2O2. The molecule has 1 saturated carbocycles. The average Bonchev–Trinajstić information content (AvgIpc) is 2.47. The van der Waals surface area contributed by atoms with Crippen molar-refractivity contribution in [3.8, 4) is 0 Å². The third kappa shape index (κ3) is 4.19. The summed E-state index contributed by atoms with van der Waals surface area (Å²) in [6.45, 7) is 4.51. The van der Waals surface area contributed by atoms with E-state index in [1.165, 1.54) is 25.7 Å². The number of hydrogen-bond acceptors (Lipinski definition) is 3. The van der Waals surface area contributed by atoms with E-state index in [9.17, 15) is 9.90 Å². The monoisotopic (exact) mass is 296 g/mol. The fraction of sp³-hybridized carbons (Fsp3) is 0.941. The van der Waals surface area contributed by atoms with Crippen molar-refractivity contribution in [1.29, 1.82) is 0 Å². The lowest BCUT2D eigenvalue weighted by molar-refractivity contribution is -0.146. The zero-order valence-corrected chi connectivity index (χ0v) is 13.9. The highest BCUT2D eigenvalue weighted by Crippen LogP contribution is 2.36. The molecular weight excluding hydrogens is 264 g/mol. The lowest BCUT2D eigenvalue weighted by Gasteiger charge is -2.45. The highest BCUT2D eigenvalue weighted by molar-refractivity contribution is 5.71. The van der Waals surface area contributed by atoms with Crippen LogP contribution in [-0.4, -0.2) is 60.1 Å². The Hall–Kier alpha value is -0.610. The van der Waals surface area contributed by atoms with Gasteiger partial charge in [-0.2, -0.15) is 0 Å². The van der Waals surface area contributed by atoms with Crippen molar-refractivity contribution in [3.63, 3.8) is 0 Å². The maximum Gasteiger partial charge on any atom is 0.308 e. The van der Waals surface area contributed by atoms with E-state index in [2.05, 4.69) is 30.8 Å². The zero-order chi connectivity index (χ0) is 15.4. The molecule has 3 unspecified atom stereocenters. The minimum absolute atomic E-state index is 0.164. The Kier molecular flexibility index (Phi) is 6.06. The molecule has 4 nitrogen and oxygen atoms in total. The Labute approximate surface area is 129 Å². The summed E-state index contributed by atoms with van der Waals surface area (Å²) >= 11 is 0. The van der Waals surface area contributed by atoms with Crippen molar-refractivity contribution in [2.75, 3.05) is 27.2 Å². The second-order valence-corrected chi connectivity index (χ2v) is 7.18. The predicted octanol–water partition coefficient (Wildman–Crippen LogP) is 2.68. The molecule has 1 N–H and O–H groups in total. The summed E-state index contributed by atoms with van der Waals surface area (Å²) in [7, 11) is 4.35. The van der Waals surface area contributed by atoms with E-state index < -0.39 is 5.97 Å². The fourth-order valence-corrected chi connectivity index (χ4v) is 4.31. The molecule has 2 rings (SSSR count). The topological polar surface area (TPSA) is 43.8 Å². The first-order valence-corrected chi connectivity index (χ1v) is 8.66. The third-order valence-electron chi connectivity index (χ3n) is 5.73. The number of likely N-dealkylation sites (tertiary alicyclic amines) is 1. The van der Waals surface area contributed by atoms with Crippen molar-refractivity contribution in [3.05, 3.63) is 0 Å². The highest BCUT2D eigenvalue weighted by atomic mass is 16.4. The van der Waals surface area contributed by atoms with Gasteiger partial charge >= 0.3 is 5.97 Å². The van der Waals surface area contributed by atoms with Gasteiger partial charge in [0.1, 0.15) is 0 Å². The van der Waals surface area contributed by atoms with Gasteiger partial charge in [0.25, 0.3) is 0 Å². The summed E-state index contributed by atoms with van der Waals surface area (Å²) in [6, 6.07) is 0.801. The van der Waals surface area contributed by atoms with E-state index in [1.54, 1.807) is 0 Å². The summed E-state index contributed by atoms with van der Waals surface area (Å²) in [6.07, 6.45) is 7.86. The van der Waals surface area contributed by atoms with Crippen LogP contribution in [0.4, 0.5) is 0 Å². The van der Waals surface area contributed by atoms with Crippen molar-refractivity contribution < 1.29 is 9.90 Å². The molecule has 1 heterocycles. The minimum atomic E-state index is -0.588. The van der Waals surface area contributed by atoms with Gasteiger partial charge in [0.15, 0.2) is 0 Å². The molecule has 1 aliphatic carbocycles. The molecule has 0 aromatic carbocycles. The van der Waals surface area contributed by atoms with E-state index in [4.69, 9.17) is 0 Å². The average molecular weight is 296 g/mol. The van der Waals surface area contributed by atoms with Crippen molar-refractivity contribution in [2.45, 2.75) is 64.0 Å². The number of piperidine rings is 1. The van der Waals surface area contributed by atoms with Gasteiger partial charge in [0.05, 0.1) is 5.92 Å². The minimum Gasteiger partial charge on any atom is -0.481 e. The second-order valence-electron chi connectivity index (χ2n) is 7.18. The quantitative estimate of drug-likeness (QED) is 0.847. The SMILES string of the molecule is CCCC1CCC(C(=O)O)C(N(C)C2CCN(C)CC2)C1. The molecule has 2 fully saturated rings. The Bertz CT molecular complexity index is 340. The lowest BCUT2D eigenvalue weighted by atomic mass is 9.75. The van der Waals surface area contributed by atoms with Crippen LogP contribution in [0.15, 0.2) is 0 Å². The Balaban J connectivity index is 2.02. The van der Waals surface area contributed by atoms with Crippen LogP contribution in [0.1, 0.15) is 51.9 Å². The number of carboxylic acids is 1. The molecule has 0 radical (unpaired) electrons. The van der Waals surface area contributed by atoms with Gasteiger partial charge in [-0.15, -0.1) is 0 Å². The van der Waals surface area contributed by atoms with Crippen LogP contribution in [0.2, 0.25) is 0 Å². The first kappa shape index (κ1) is 16.8. The fourth-order valence-electron chi connectivity index (χ4n) is 4.31. The summed E-state index contributed by atoms with van der Waals surface area (Å²) in [5, 5.41) is 9.58. The molecule has 2 aliphatic rings. The standard InChI is InChI=1S/C17H32N2O2/c1-4-5-13-6-7-15(17(20)21)16(12-13)19(3)14-8-10-18(2)11-9-14/h13-16H,4-12H2,1-3H3,(H,20,21).